The number of nitrogens with one attached hydrogen (secondary N) is 2. The topological polar surface area (TPSA) is 67.4 Å². The van der Waals surface area contributed by atoms with Gasteiger partial charge in [-0.15, -0.1) is 0 Å². The molecule has 0 bridgehead atoms. The van der Waals surface area contributed by atoms with Gasteiger partial charge in [-0.2, -0.15) is 0 Å². The highest BCUT2D eigenvalue weighted by atomic mass is 79.9. The van der Waals surface area contributed by atoms with Gasteiger partial charge in [0.05, 0.1) is 4.83 Å². The third-order valence-corrected chi connectivity index (χ3v) is 3.46. The van der Waals surface area contributed by atoms with Crippen LogP contribution in [0.5, 0.6) is 5.75 Å². The fourth-order valence-corrected chi connectivity index (χ4v) is 1.41. The van der Waals surface area contributed by atoms with Crippen molar-refractivity contribution < 1.29 is 14.3 Å². The fraction of sp³-hybridized carbons (Fsp3) is 0.385. The molecule has 1 rings (SSSR count). The number of amides is 2. The molecule has 1 unspecified atom stereocenters. The maximum atomic E-state index is 11.7. The van der Waals surface area contributed by atoms with Gasteiger partial charge in [-0.25, -0.2) is 0 Å². The predicted octanol–water partition coefficient (Wildman–Crippen LogP) is 1.92. The van der Waals surface area contributed by atoms with Crippen molar-refractivity contribution in [1.82, 2.24) is 5.32 Å². The SMILES string of the molecule is CCC(Br)C(=O)Nc1cccc(OCC(=O)NC)c1. The lowest BCUT2D eigenvalue weighted by Gasteiger charge is -2.10. The number of likely N-dealkylation sites (N-methyl/N-ethyl adjacent to an activating group) is 1. The number of benzene rings is 1. The molecule has 0 saturated heterocycles. The van der Waals surface area contributed by atoms with E-state index in [1.165, 1.54) is 0 Å². The van der Waals surface area contributed by atoms with Crippen LogP contribution in [0.3, 0.4) is 0 Å². The van der Waals surface area contributed by atoms with Crippen molar-refractivity contribution in [2.45, 2.75) is 18.2 Å². The van der Waals surface area contributed by atoms with Gasteiger partial charge in [0.1, 0.15) is 5.75 Å². The van der Waals surface area contributed by atoms with Crippen molar-refractivity contribution in [3.63, 3.8) is 0 Å². The maximum Gasteiger partial charge on any atom is 0.257 e. The van der Waals surface area contributed by atoms with Crippen molar-refractivity contribution in [3.05, 3.63) is 24.3 Å². The van der Waals surface area contributed by atoms with Crippen molar-refractivity contribution in [2.24, 2.45) is 0 Å². The number of carbonyl (C=O) groups excluding carboxylic acids is 2. The van der Waals surface area contributed by atoms with Crippen LogP contribution >= 0.6 is 15.9 Å². The number of ether oxygens (including phenoxy) is 1. The minimum Gasteiger partial charge on any atom is -0.484 e. The van der Waals surface area contributed by atoms with Crippen LogP contribution in [0.15, 0.2) is 24.3 Å². The molecule has 6 heteroatoms. The number of rotatable bonds is 6. The first-order valence-corrected chi connectivity index (χ1v) is 6.86. The molecular weight excluding hydrogens is 312 g/mol. The van der Waals surface area contributed by atoms with E-state index in [2.05, 4.69) is 26.6 Å². The molecule has 0 aliphatic carbocycles. The van der Waals surface area contributed by atoms with Gasteiger partial charge in [0, 0.05) is 18.8 Å². The van der Waals surface area contributed by atoms with Crippen molar-refractivity contribution in [2.75, 3.05) is 19.0 Å². The molecule has 1 aromatic carbocycles. The zero-order valence-corrected chi connectivity index (χ0v) is 12.5. The third-order valence-electron chi connectivity index (χ3n) is 2.39. The standard InChI is InChI=1S/C13H17BrN2O3/c1-3-11(14)13(18)16-9-5-4-6-10(7-9)19-8-12(17)15-2/h4-7,11H,3,8H2,1-2H3,(H,15,17)(H,16,18). The zero-order chi connectivity index (χ0) is 14.3. The van der Waals surface area contributed by atoms with E-state index in [4.69, 9.17) is 4.74 Å². The summed E-state index contributed by atoms with van der Waals surface area (Å²) in [4.78, 5) is 22.5. The van der Waals surface area contributed by atoms with Crippen LogP contribution in [-0.4, -0.2) is 30.3 Å². The van der Waals surface area contributed by atoms with Crippen molar-refractivity contribution in [1.29, 1.82) is 0 Å². The fourth-order valence-electron chi connectivity index (χ4n) is 1.29. The van der Waals surface area contributed by atoms with Crippen LogP contribution in [0.4, 0.5) is 5.69 Å². The molecule has 2 N–H and O–H groups in total. The minimum atomic E-state index is -0.219. The van der Waals surface area contributed by atoms with E-state index in [0.717, 1.165) is 0 Å². The van der Waals surface area contributed by atoms with E-state index in [0.29, 0.717) is 17.9 Å². The van der Waals surface area contributed by atoms with Gasteiger partial charge in [0.15, 0.2) is 6.61 Å². The summed E-state index contributed by atoms with van der Waals surface area (Å²) in [5.74, 6) is 0.218. The van der Waals surface area contributed by atoms with E-state index in [1.54, 1.807) is 31.3 Å². The highest BCUT2D eigenvalue weighted by molar-refractivity contribution is 9.10. The normalized spacial score (nSPS) is 11.5. The predicted molar refractivity (Wildman–Crippen MR) is 77.6 cm³/mol. The highest BCUT2D eigenvalue weighted by Gasteiger charge is 2.12. The molecule has 0 spiro atoms. The van der Waals surface area contributed by atoms with Crippen LogP contribution in [0, 0.1) is 0 Å². The maximum absolute atomic E-state index is 11.7. The molecule has 0 aliphatic rings. The smallest absolute Gasteiger partial charge is 0.257 e. The van der Waals surface area contributed by atoms with Crippen LogP contribution < -0.4 is 15.4 Å². The Bertz CT molecular complexity index is 451. The van der Waals surface area contributed by atoms with Gasteiger partial charge in [-0.1, -0.05) is 28.9 Å². The third kappa shape index (κ3) is 5.30. The Morgan fingerprint density at radius 1 is 1.42 bits per heavy atom. The number of halogens is 1. The largest absolute Gasteiger partial charge is 0.484 e. The average molecular weight is 329 g/mol. The Kier molecular flexibility index (Phi) is 6.35. The number of hydrogen-bond acceptors (Lipinski definition) is 3. The molecule has 0 aliphatic heterocycles. The molecule has 0 radical (unpaired) electrons. The van der Waals surface area contributed by atoms with Crippen molar-refractivity contribution in [3.8, 4) is 5.75 Å². The van der Waals surface area contributed by atoms with Gasteiger partial charge in [-0.05, 0) is 18.6 Å². The summed E-state index contributed by atoms with van der Waals surface area (Å²) in [7, 11) is 1.54. The second kappa shape index (κ2) is 7.78. The van der Waals surface area contributed by atoms with E-state index in [-0.39, 0.29) is 23.2 Å². The van der Waals surface area contributed by atoms with Crippen molar-refractivity contribution >= 4 is 33.4 Å². The van der Waals surface area contributed by atoms with E-state index < -0.39 is 0 Å². The summed E-state index contributed by atoms with van der Waals surface area (Å²) < 4.78 is 5.29. The Hall–Kier alpha value is -1.56. The zero-order valence-electron chi connectivity index (χ0n) is 10.9. The summed E-state index contributed by atoms with van der Waals surface area (Å²) in [6, 6.07) is 6.92. The lowest BCUT2D eigenvalue weighted by Crippen LogP contribution is -2.25. The van der Waals surface area contributed by atoms with Crippen LogP contribution in [0.25, 0.3) is 0 Å². The Morgan fingerprint density at radius 2 is 2.16 bits per heavy atom. The van der Waals surface area contributed by atoms with Crippen LogP contribution in [-0.2, 0) is 9.59 Å². The summed E-state index contributed by atoms with van der Waals surface area (Å²) >= 11 is 3.28. The van der Waals surface area contributed by atoms with Crippen LogP contribution in [0.1, 0.15) is 13.3 Å². The monoisotopic (exact) mass is 328 g/mol. The molecule has 1 aromatic rings. The van der Waals surface area contributed by atoms with E-state index >= 15 is 0 Å². The second-order valence-electron chi connectivity index (χ2n) is 3.85. The summed E-state index contributed by atoms with van der Waals surface area (Å²) in [5.41, 5.74) is 0.636. The van der Waals surface area contributed by atoms with Gasteiger partial charge in [-0.3, -0.25) is 9.59 Å². The number of hydrogen-bond donors (Lipinski definition) is 2. The molecule has 0 aromatic heterocycles. The Labute approximate surface area is 120 Å². The average Bonchev–Trinajstić information content (AvgIpc) is 2.44. The molecule has 5 nitrogen and oxygen atoms in total. The number of alkyl halides is 1. The summed E-state index contributed by atoms with van der Waals surface area (Å²) in [6.07, 6.45) is 0.707. The first-order chi connectivity index (χ1) is 9.06. The summed E-state index contributed by atoms with van der Waals surface area (Å²) in [6.45, 7) is 1.87. The molecule has 0 saturated carbocycles. The molecule has 104 valence electrons. The number of carbonyl (C=O) groups is 2. The van der Waals surface area contributed by atoms with E-state index in [9.17, 15) is 9.59 Å². The van der Waals surface area contributed by atoms with Gasteiger partial charge in [0.2, 0.25) is 5.91 Å². The first-order valence-electron chi connectivity index (χ1n) is 5.95. The molecule has 2 amide bonds. The minimum absolute atomic E-state index is 0.0517. The molecule has 19 heavy (non-hydrogen) atoms. The highest BCUT2D eigenvalue weighted by Crippen LogP contribution is 2.18. The lowest BCUT2D eigenvalue weighted by molar-refractivity contribution is -0.122. The van der Waals surface area contributed by atoms with Gasteiger partial charge < -0.3 is 15.4 Å². The molecule has 1 atom stereocenters. The van der Waals surface area contributed by atoms with Gasteiger partial charge >= 0.3 is 0 Å². The summed E-state index contributed by atoms with van der Waals surface area (Å²) in [5, 5.41) is 5.23. The molecule has 0 fully saturated rings. The quantitative estimate of drug-likeness (QED) is 0.784. The first kappa shape index (κ1) is 15.5. The van der Waals surface area contributed by atoms with Crippen LogP contribution in [0.2, 0.25) is 0 Å². The van der Waals surface area contributed by atoms with E-state index in [1.807, 2.05) is 6.92 Å². The Morgan fingerprint density at radius 3 is 2.79 bits per heavy atom. The van der Waals surface area contributed by atoms with Gasteiger partial charge in [0.25, 0.3) is 5.91 Å². The lowest BCUT2D eigenvalue weighted by atomic mass is 10.2. The molecular formula is C13H17BrN2O3. The molecule has 0 heterocycles. The Balaban J connectivity index is 2.61. The number of anilines is 1. The second-order valence-corrected chi connectivity index (χ2v) is 4.96.